The van der Waals surface area contributed by atoms with Crippen molar-refractivity contribution >= 4 is 27.3 Å². The molecule has 0 aliphatic rings. The molecule has 0 fully saturated rings. The Kier molecular flexibility index (Phi) is 2.82. The van der Waals surface area contributed by atoms with Gasteiger partial charge in [-0.1, -0.05) is 11.6 Å². The summed E-state index contributed by atoms with van der Waals surface area (Å²) in [7, 11) is -3.45. The maximum absolute atomic E-state index is 11.2. The molecule has 0 atom stereocenters. The highest BCUT2D eigenvalue weighted by Gasteiger charge is 2.16. The molecule has 2 N–H and O–H groups in total. The number of carbonyl (C=O) groups excluding carboxylic acids is 1. The van der Waals surface area contributed by atoms with E-state index in [1.807, 2.05) is 0 Å². The molecule has 1 aromatic rings. The Labute approximate surface area is 86.6 Å². The smallest absolute Gasteiger partial charge is 0.250 e. The predicted octanol–water partition coefficient (Wildman–Crippen LogP) is 0.842. The molecule has 1 rings (SSSR count). The number of sulfone groups is 1. The Morgan fingerprint density at radius 2 is 2.00 bits per heavy atom. The summed E-state index contributed by atoms with van der Waals surface area (Å²) in [5.74, 6) is -0.812. The molecule has 0 bridgehead atoms. The van der Waals surface area contributed by atoms with E-state index < -0.39 is 15.7 Å². The summed E-state index contributed by atoms with van der Waals surface area (Å²) < 4.78 is 22.4. The average Bonchev–Trinajstić information content (AvgIpc) is 2.01. The number of rotatable bonds is 2. The van der Waals surface area contributed by atoms with Gasteiger partial charge in [0.15, 0.2) is 9.84 Å². The summed E-state index contributed by atoms with van der Waals surface area (Å²) in [6, 6.07) is 3.89. The van der Waals surface area contributed by atoms with Crippen LogP contribution in [0.2, 0.25) is 5.02 Å². The number of hydrogen-bond donors (Lipinski definition) is 1. The van der Waals surface area contributed by atoms with Crippen molar-refractivity contribution in [2.24, 2.45) is 5.73 Å². The molecule has 0 unspecified atom stereocenters. The molecule has 0 spiro atoms. The summed E-state index contributed by atoms with van der Waals surface area (Å²) in [6.45, 7) is 0. The fourth-order valence-corrected chi connectivity index (χ4v) is 2.06. The second kappa shape index (κ2) is 3.59. The van der Waals surface area contributed by atoms with E-state index in [4.69, 9.17) is 17.3 Å². The first kappa shape index (κ1) is 11.0. The first-order valence-electron chi connectivity index (χ1n) is 3.62. The van der Waals surface area contributed by atoms with Gasteiger partial charge in [0.2, 0.25) is 5.91 Å². The molecule has 0 aromatic heterocycles. The number of primary amides is 1. The van der Waals surface area contributed by atoms with E-state index in [1.54, 1.807) is 0 Å². The molecule has 1 aromatic carbocycles. The summed E-state index contributed by atoms with van der Waals surface area (Å²) in [6.07, 6.45) is 1.00. The van der Waals surface area contributed by atoms with E-state index in [9.17, 15) is 13.2 Å². The van der Waals surface area contributed by atoms with Crippen LogP contribution in [0.5, 0.6) is 0 Å². The van der Waals surface area contributed by atoms with Crippen LogP contribution < -0.4 is 5.73 Å². The lowest BCUT2D eigenvalue weighted by molar-refractivity contribution is 0.0997. The van der Waals surface area contributed by atoms with Gasteiger partial charge in [0, 0.05) is 11.3 Å². The number of halogens is 1. The van der Waals surface area contributed by atoms with E-state index in [1.165, 1.54) is 18.2 Å². The monoisotopic (exact) mass is 233 g/mol. The first-order valence-corrected chi connectivity index (χ1v) is 5.88. The summed E-state index contributed by atoms with van der Waals surface area (Å²) in [5.41, 5.74) is 4.93. The van der Waals surface area contributed by atoms with Crippen LogP contribution in [0.4, 0.5) is 0 Å². The number of benzene rings is 1. The number of hydrogen-bond acceptors (Lipinski definition) is 3. The van der Waals surface area contributed by atoms with Gasteiger partial charge in [-0.15, -0.1) is 0 Å². The van der Waals surface area contributed by atoms with Gasteiger partial charge in [-0.05, 0) is 18.2 Å². The molecular weight excluding hydrogens is 226 g/mol. The minimum atomic E-state index is -3.45. The average molecular weight is 234 g/mol. The van der Waals surface area contributed by atoms with Crippen LogP contribution in [0.15, 0.2) is 23.1 Å². The molecule has 0 heterocycles. The summed E-state index contributed by atoms with van der Waals surface area (Å²) in [5, 5.41) is 0.270. The lowest BCUT2D eigenvalue weighted by atomic mass is 10.2. The van der Waals surface area contributed by atoms with Crippen LogP contribution in [-0.2, 0) is 9.84 Å². The fourth-order valence-electron chi connectivity index (χ4n) is 1.02. The zero-order chi connectivity index (χ0) is 10.9. The zero-order valence-electron chi connectivity index (χ0n) is 7.32. The first-order chi connectivity index (χ1) is 6.32. The third kappa shape index (κ3) is 2.24. The van der Waals surface area contributed by atoms with Crippen molar-refractivity contribution in [1.29, 1.82) is 0 Å². The topological polar surface area (TPSA) is 77.2 Å². The van der Waals surface area contributed by atoms with Crippen LogP contribution in [0.25, 0.3) is 0 Å². The largest absolute Gasteiger partial charge is 0.366 e. The zero-order valence-corrected chi connectivity index (χ0v) is 8.89. The van der Waals surface area contributed by atoms with Gasteiger partial charge in [-0.3, -0.25) is 4.79 Å². The van der Waals surface area contributed by atoms with Gasteiger partial charge < -0.3 is 5.73 Å². The van der Waals surface area contributed by atoms with Crippen molar-refractivity contribution in [2.45, 2.75) is 4.90 Å². The van der Waals surface area contributed by atoms with Gasteiger partial charge in [0.05, 0.1) is 10.5 Å². The van der Waals surface area contributed by atoms with E-state index >= 15 is 0 Å². The normalized spacial score (nSPS) is 11.3. The third-order valence-electron chi connectivity index (χ3n) is 1.61. The Hall–Kier alpha value is -1.07. The van der Waals surface area contributed by atoms with Gasteiger partial charge >= 0.3 is 0 Å². The van der Waals surface area contributed by atoms with Crippen molar-refractivity contribution in [2.75, 3.05) is 6.26 Å². The molecule has 4 nitrogen and oxygen atoms in total. The fraction of sp³-hybridized carbons (Fsp3) is 0.125. The van der Waals surface area contributed by atoms with Crippen molar-refractivity contribution in [3.05, 3.63) is 28.8 Å². The Morgan fingerprint density at radius 1 is 1.43 bits per heavy atom. The molecule has 0 saturated heterocycles. The Balaban J connectivity index is 3.53. The minimum Gasteiger partial charge on any atom is -0.366 e. The molecular formula is C8H8ClNO3S. The quantitative estimate of drug-likeness (QED) is 0.822. The highest BCUT2D eigenvalue weighted by molar-refractivity contribution is 7.90. The van der Waals surface area contributed by atoms with Gasteiger partial charge in [-0.25, -0.2) is 8.42 Å². The second-order valence-electron chi connectivity index (χ2n) is 2.78. The SMILES string of the molecule is CS(=O)(=O)c1ccc(Cl)cc1C(N)=O. The van der Waals surface area contributed by atoms with Gasteiger partial charge in [0.25, 0.3) is 0 Å². The number of nitrogens with two attached hydrogens (primary N) is 1. The summed E-state index contributed by atoms with van der Waals surface area (Å²) >= 11 is 5.61. The molecule has 0 radical (unpaired) electrons. The number of amides is 1. The maximum atomic E-state index is 11.2. The second-order valence-corrected chi connectivity index (χ2v) is 5.20. The Morgan fingerprint density at radius 3 is 2.43 bits per heavy atom. The van der Waals surface area contributed by atoms with Crippen molar-refractivity contribution in [1.82, 2.24) is 0 Å². The van der Waals surface area contributed by atoms with Crippen LogP contribution >= 0.6 is 11.6 Å². The lowest BCUT2D eigenvalue weighted by Gasteiger charge is -2.04. The van der Waals surface area contributed by atoms with Crippen LogP contribution in [0.3, 0.4) is 0 Å². The summed E-state index contributed by atoms with van der Waals surface area (Å²) in [4.78, 5) is 10.8. The van der Waals surface area contributed by atoms with Crippen LogP contribution in [-0.4, -0.2) is 20.6 Å². The molecule has 0 saturated carbocycles. The van der Waals surface area contributed by atoms with E-state index in [-0.39, 0.29) is 15.5 Å². The van der Waals surface area contributed by atoms with Crippen molar-refractivity contribution in [3.8, 4) is 0 Å². The molecule has 76 valence electrons. The van der Waals surface area contributed by atoms with Gasteiger partial charge in [0.1, 0.15) is 0 Å². The van der Waals surface area contributed by atoms with E-state index in [2.05, 4.69) is 0 Å². The van der Waals surface area contributed by atoms with Gasteiger partial charge in [-0.2, -0.15) is 0 Å². The molecule has 0 aliphatic heterocycles. The highest BCUT2D eigenvalue weighted by atomic mass is 35.5. The lowest BCUT2D eigenvalue weighted by Crippen LogP contribution is -2.15. The minimum absolute atomic E-state index is 0.0833. The molecule has 14 heavy (non-hydrogen) atoms. The molecule has 1 amide bonds. The Bertz CT molecular complexity index is 481. The van der Waals surface area contributed by atoms with Crippen molar-refractivity contribution in [3.63, 3.8) is 0 Å². The van der Waals surface area contributed by atoms with Crippen molar-refractivity contribution < 1.29 is 13.2 Å². The highest BCUT2D eigenvalue weighted by Crippen LogP contribution is 2.19. The molecule has 0 aliphatic carbocycles. The van der Waals surface area contributed by atoms with Crippen LogP contribution in [0, 0.1) is 0 Å². The van der Waals surface area contributed by atoms with E-state index in [0.717, 1.165) is 6.26 Å². The van der Waals surface area contributed by atoms with E-state index in [0.29, 0.717) is 0 Å². The molecule has 6 heteroatoms. The maximum Gasteiger partial charge on any atom is 0.250 e. The number of carbonyl (C=O) groups is 1. The third-order valence-corrected chi connectivity index (χ3v) is 3.00. The predicted molar refractivity (Wildman–Crippen MR) is 53.1 cm³/mol. The standard InChI is InChI=1S/C8H8ClNO3S/c1-14(12,13)7-3-2-5(9)4-6(7)8(10)11/h2-4H,1H3,(H2,10,11). The van der Waals surface area contributed by atoms with Crippen LogP contribution in [0.1, 0.15) is 10.4 Å².